The molecule has 14 heavy (non-hydrogen) atoms. The van der Waals surface area contributed by atoms with E-state index in [9.17, 15) is 4.79 Å². The highest BCUT2D eigenvalue weighted by atomic mass is 16.1. The van der Waals surface area contributed by atoms with E-state index in [4.69, 9.17) is 0 Å². The molecule has 0 saturated heterocycles. The maximum absolute atomic E-state index is 10.4. The van der Waals surface area contributed by atoms with Crippen molar-refractivity contribution < 1.29 is 4.79 Å². The van der Waals surface area contributed by atoms with Crippen LogP contribution < -0.4 is 5.32 Å². The van der Waals surface area contributed by atoms with Gasteiger partial charge in [0.15, 0.2) is 0 Å². The molecule has 3 nitrogen and oxygen atoms in total. The van der Waals surface area contributed by atoms with Crippen LogP contribution in [0, 0.1) is 0 Å². The van der Waals surface area contributed by atoms with Crippen LogP contribution in [0.2, 0.25) is 0 Å². The molecule has 0 fully saturated rings. The van der Waals surface area contributed by atoms with Gasteiger partial charge in [-0.1, -0.05) is 18.2 Å². The molecule has 0 amide bonds. The quantitative estimate of drug-likeness (QED) is 0.704. The highest BCUT2D eigenvalue weighted by molar-refractivity contribution is 5.75. The van der Waals surface area contributed by atoms with E-state index in [2.05, 4.69) is 10.3 Å². The lowest BCUT2D eigenvalue weighted by Crippen LogP contribution is -2.25. The molecule has 70 valence electrons. The van der Waals surface area contributed by atoms with E-state index in [-0.39, 0.29) is 6.04 Å². The minimum absolute atomic E-state index is 0.206. The number of hydrogen-bond donors (Lipinski definition) is 1. The number of rotatable bonds is 2. The van der Waals surface area contributed by atoms with Crippen LogP contribution in [0.15, 0.2) is 42.7 Å². The van der Waals surface area contributed by atoms with Crippen molar-refractivity contribution in [1.82, 2.24) is 10.3 Å². The van der Waals surface area contributed by atoms with Crippen molar-refractivity contribution in [3.63, 3.8) is 0 Å². The second-order valence-electron chi connectivity index (χ2n) is 3.00. The molecule has 0 saturated carbocycles. The van der Waals surface area contributed by atoms with E-state index in [1.807, 2.05) is 30.4 Å². The third-order valence-electron chi connectivity index (χ3n) is 2.02. The molecule has 0 bridgehead atoms. The van der Waals surface area contributed by atoms with Gasteiger partial charge < -0.3 is 10.1 Å². The number of carbonyl (C=O) groups excluding carboxylic acids is 1. The molecule has 1 aromatic rings. The van der Waals surface area contributed by atoms with Crippen molar-refractivity contribution in [3.05, 3.63) is 48.4 Å². The molecule has 2 rings (SSSR count). The normalized spacial score (nSPS) is 19.7. The molecule has 0 aromatic carbocycles. The molecule has 0 spiro atoms. The van der Waals surface area contributed by atoms with E-state index in [0.29, 0.717) is 0 Å². The van der Waals surface area contributed by atoms with Gasteiger partial charge in [-0.15, -0.1) is 0 Å². The predicted octanol–water partition coefficient (Wildman–Crippen LogP) is 1.15. The molecular weight excluding hydrogens is 176 g/mol. The molecular formula is C11H10N2O. The number of carbonyl (C=O) groups is 1. The number of allylic oxidation sites excluding steroid dienone is 2. The fourth-order valence-corrected chi connectivity index (χ4v) is 1.27. The molecule has 0 radical (unpaired) electrons. The lowest BCUT2D eigenvalue weighted by Gasteiger charge is -2.12. The first-order valence-electron chi connectivity index (χ1n) is 4.41. The third-order valence-corrected chi connectivity index (χ3v) is 2.02. The van der Waals surface area contributed by atoms with Gasteiger partial charge in [-0.25, -0.2) is 0 Å². The van der Waals surface area contributed by atoms with Gasteiger partial charge in [0.1, 0.15) is 12.3 Å². The summed E-state index contributed by atoms with van der Waals surface area (Å²) in [7, 11) is 0. The Balaban J connectivity index is 2.20. The Morgan fingerprint density at radius 1 is 1.43 bits per heavy atom. The molecule has 1 aliphatic heterocycles. The van der Waals surface area contributed by atoms with Gasteiger partial charge in [0.05, 0.1) is 5.69 Å². The lowest BCUT2D eigenvalue weighted by molar-refractivity contribution is -0.108. The topological polar surface area (TPSA) is 42.0 Å². The average Bonchev–Trinajstić information content (AvgIpc) is 2.30. The van der Waals surface area contributed by atoms with Crippen molar-refractivity contribution in [1.29, 1.82) is 0 Å². The predicted molar refractivity (Wildman–Crippen MR) is 54.3 cm³/mol. The van der Waals surface area contributed by atoms with Crippen LogP contribution in [-0.4, -0.2) is 17.3 Å². The zero-order valence-corrected chi connectivity index (χ0v) is 7.55. The zero-order chi connectivity index (χ0) is 9.80. The molecule has 2 heterocycles. The van der Waals surface area contributed by atoms with Crippen LogP contribution in [0.3, 0.4) is 0 Å². The maximum Gasteiger partial charge on any atom is 0.146 e. The van der Waals surface area contributed by atoms with Crippen molar-refractivity contribution in [2.75, 3.05) is 0 Å². The van der Waals surface area contributed by atoms with E-state index >= 15 is 0 Å². The Bertz CT molecular complexity index is 382. The molecule has 1 aromatic heterocycles. The summed E-state index contributed by atoms with van der Waals surface area (Å²) in [5, 5.41) is 2.96. The van der Waals surface area contributed by atoms with Crippen LogP contribution in [0.5, 0.6) is 0 Å². The molecule has 1 atom stereocenters. The number of pyridine rings is 1. The van der Waals surface area contributed by atoms with Crippen LogP contribution in [-0.2, 0) is 4.79 Å². The van der Waals surface area contributed by atoms with Gasteiger partial charge in [-0.3, -0.25) is 4.98 Å². The number of nitrogens with zero attached hydrogens (tertiary/aromatic N) is 1. The van der Waals surface area contributed by atoms with Crippen molar-refractivity contribution in [2.24, 2.45) is 0 Å². The zero-order valence-electron chi connectivity index (χ0n) is 7.55. The van der Waals surface area contributed by atoms with Gasteiger partial charge in [0, 0.05) is 18.0 Å². The standard InChI is InChI=1S/C11H10N2O/c14-8-10-5-4-9(7-13-10)11-3-1-2-6-12-11/h1-8,10,13H. The summed E-state index contributed by atoms with van der Waals surface area (Å²) in [6.07, 6.45) is 8.13. The summed E-state index contributed by atoms with van der Waals surface area (Å²) in [5.74, 6) is 0. The molecule has 1 unspecified atom stereocenters. The van der Waals surface area contributed by atoms with Gasteiger partial charge in [0.25, 0.3) is 0 Å². The number of dihydropyridines is 1. The lowest BCUT2D eigenvalue weighted by atomic mass is 10.1. The average molecular weight is 186 g/mol. The second kappa shape index (κ2) is 3.87. The van der Waals surface area contributed by atoms with Crippen molar-refractivity contribution in [3.8, 4) is 0 Å². The number of nitrogens with one attached hydrogen (secondary N) is 1. The van der Waals surface area contributed by atoms with Crippen LogP contribution >= 0.6 is 0 Å². The van der Waals surface area contributed by atoms with E-state index < -0.39 is 0 Å². The Hall–Kier alpha value is -1.90. The fraction of sp³-hybridized carbons (Fsp3) is 0.0909. The van der Waals surface area contributed by atoms with Crippen molar-refractivity contribution in [2.45, 2.75) is 6.04 Å². The minimum atomic E-state index is -0.206. The highest BCUT2D eigenvalue weighted by Crippen LogP contribution is 2.14. The monoisotopic (exact) mass is 186 g/mol. The minimum Gasteiger partial charge on any atom is -0.378 e. The highest BCUT2D eigenvalue weighted by Gasteiger charge is 2.07. The summed E-state index contributed by atoms with van der Waals surface area (Å²) in [4.78, 5) is 14.6. The van der Waals surface area contributed by atoms with Gasteiger partial charge >= 0.3 is 0 Å². The van der Waals surface area contributed by atoms with E-state index in [1.165, 1.54) is 0 Å². The first-order valence-corrected chi connectivity index (χ1v) is 4.41. The number of aldehydes is 1. The second-order valence-corrected chi connectivity index (χ2v) is 3.00. The van der Waals surface area contributed by atoms with Crippen LogP contribution in [0.4, 0.5) is 0 Å². The summed E-state index contributed by atoms with van der Waals surface area (Å²) in [5.41, 5.74) is 1.89. The Morgan fingerprint density at radius 2 is 2.36 bits per heavy atom. The van der Waals surface area contributed by atoms with Gasteiger partial charge in [0.2, 0.25) is 0 Å². The number of hydrogen-bond acceptors (Lipinski definition) is 3. The SMILES string of the molecule is O=CC1C=CC(c2ccccn2)=CN1. The van der Waals surface area contributed by atoms with Crippen LogP contribution in [0.1, 0.15) is 5.69 Å². The first-order chi connectivity index (χ1) is 6.90. The van der Waals surface area contributed by atoms with E-state index in [0.717, 1.165) is 17.6 Å². The van der Waals surface area contributed by atoms with Gasteiger partial charge in [-0.2, -0.15) is 0 Å². The smallest absolute Gasteiger partial charge is 0.146 e. The summed E-state index contributed by atoms with van der Waals surface area (Å²) < 4.78 is 0. The maximum atomic E-state index is 10.4. The fourth-order valence-electron chi connectivity index (χ4n) is 1.27. The Morgan fingerprint density at radius 3 is 2.93 bits per heavy atom. The number of aromatic nitrogens is 1. The Labute approximate surface area is 82.2 Å². The first kappa shape index (κ1) is 8.69. The molecule has 1 N–H and O–H groups in total. The molecule has 3 heteroatoms. The Kier molecular flexibility index (Phi) is 2.40. The summed E-state index contributed by atoms with van der Waals surface area (Å²) in [6.45, 7) is 0. The third kappa shape index (κ3) is 1.71. The largest absolute Gasteiger partial charge is 0.378 e. The van der Waals surface area contributed by atoms with Crippen molar-refractivity contribution >= 4 is 11.9 Å². The van der Waals surface area contributed by atoms with E-state index in [1.54, 1.807) is 12.4 Å². The summed E-state index contributed by atoms with van der Waals surface area (Å²) >= 11 is 0. The molecule has 0 aliphatic carbocycles. The molecule has 1 aliphatic rings. The van der Waals surface area contributed by atoms with Gasteiger partial charge in [-0.05, 0) is 12.1 Å². The van der Waals surface area contributed by atoms with Crippen LogP contribution in [0.25, 0.3) is 5.57 Å². The summed E-state index contributed by atoms with van der Waals surface area (Å²) in [6, 6.07) is 5.53.